The number of ketones is 1. The Morgan fingerprint density at radius 2 is 2.00 bits per heavy atom. The van der Waals surface area contributed by atoms with Crippen molar-refractivity contribution in [2.45, 2.75) is 30.0 Å². The Hall–Kier alpha value is -2.58. The van der Waals surface area contributed by atoms with Crippen LogP contribution in [0.3, 0.4) is 0 Å². The fraction of sp³-hybridized carbons (Fsp3) is 0.227. The van der Waals surface area contributed by atoms with Crippen LogP contribution in [0.25, 0.3) is 0 Å². The Balaban J connectivity index is 1.55. The maximum Gasteiger partial charge on any atom is 0.192 e. The second-order valence-electron chi connectivity index (χ2n) is 6.74. The minimum absolute atomic E-state index is 0.0355. The first-order valence-corrected chi connectivity index (χ1v) is 11.1. The Kier molecular flexibility index (Phi) is 6.24. The first-order chi connectivity index (χ1) is 14.6. The van der Waals surface area contributed by atoms with Gasteiger partial charge in [-0.2, -0.15) is 0 Å². The van der Waals surface area contributed by atoms with E-state index in [9.17, 15) is 4.79 Å². The first-order valence-electron chi connectivity index (χ1n) is 9.45. The molecule has 2 atom stereocenters. The molecule has 30 heavy (non-hydrogen) atoms. The van der Waals surface area contributed by atoms with Gasteiger partial charge >= 0.3 is 0 Å². The highest BCUT2D eigenvalue weighted by Gasteiger charge is 2.29. The van der Waals surface area contributed by atoms with Gasteiger partial charge in [0.25, 0.3) is 0 Å². The SMILES string of the molecule is C=CCn1c(S[C@H](C)C(=O)c2ccc(Br)cc2)nnc1[C@@H]1COc2ccccc2O1. The van der Waals surface area contributed by atoms with Crippen LogP contribution < -0.4 is 9.47 Å². The van der Waals surface area contributed by atoms with Gasteiger partial charge in [-0.25, -0.2) is 0 Å². The largest absolute Gasteiger partial charge is 0.485 e. The van der Waals surface area contributed by atoms with Gasteiger partial charge in [0, 0.05) is 16.6 Å². The molecule has 0 fully saturated rings. The number of Topliss-reactive ketones (excluding diaryl/α,β-unsaturated/α-hetero) is 1. The van der Waals surface area contributed by atoms with E-state index < -0.39 is 0 Å². The normalized spacial score (nSPS) is 16.1. The van der Waals surface area contributed by atoms with Gasteiger partial charge in [0.05, 0.1) is 5.25 Å². The maximum atomic E-state index is 12.8. The van der Waals surface area contributed by atoms with Gasteiger partial charge in [-0.05, 0) is 31.2 Å². The van der Waals surface area contributed by atoms with Crippen LogP contribution in [0.2, 0.25) is 0 Å². The van der Waals surface area contributed by atoms with E-state index in [2.05, 4.69) is 32.7 Å². The maximum absolute atomic E-state index is 12.8. The van der Waals surface area contributed by atoms with Crippen molar-refractivity contribution in [2.24, 2.45) is 0 Å². The van der Waals surface area contributed by atoms with Crippen molar-refractivity contribution in [3.8, 4) is 11.5 Å². The van der Waals surface area contributed by atoms with E-state index in [1.54, 1.807) is 6.08 Å². The van der Waals surface area contributed by atoms with Gasteiger partial charge in [0.1, 0.15) is 6.61 Å². The lowest BCUT2D eigenvalue weighted by molar-refractivity contribution is 0.0821. The summed E-state index contributed by atoms with van der Waals surface area (Å²) in [7, 11) is 0. The first kappa shape index (κ1) is 20.7. The average Bonchev–Trinajstić information content (AvgIpc) is 3.16. The van der Waals surface area contributed by atoms with Crippen molar-refractivity contribution in [3.05, 3.63) is 77.0 Å². The second-order valence-corrected chi connectivity index (χ2v) is 8.96. The van der Waals surface area contributed by atoms with E-state index in [1.807, 2.05) is 60.0 Å². The molecule has 154 valence electrons. The van der Waals surface area contributed by atoms with Crippen molar-refractivity contribution in [2.75, 3.05) is 6.61 Å². The lowest BCUT2D eigenvalue weighted by atomic mass is 10.1. The molecule has 0 amide bonds. The van der Waals surface area contributed by atoms with E-state index in [-0.39, 0.29) is 17.1 Å². The molecule has 8 heteroatoms. The zero-order valence-electron chi connectivity index (χ0n) is 16.3. The Bertz CT molecular complexity index is 1070. The molecule has 4 rings (SSSR count). The summed E-state index contributed by atoms with van der Waals surface area (Å²) >= 11 is 4.76. The molecule has 0 saturated carbocycles. The number of fused-ring (bicyclic) bond motifs is 1. The number of hydrogen-bond acceptors (Lipinski definition) is 6. The summed E-state index contributed by atoms with van der Waals surface area (Å²) in [6.45, 7) is 6.56. The summed E-state index contributed by atoms with van der Waals surface area (Å²) in [4.78, 5) is 12.8. The molecule has 1 aliphatic heterocycles. The molecule has 0 saturated heterocycles. The number of benzene rings is 2. The van der Waals surface area contributed by atoms with Crippen molar-refractivity contribution in [3.63, 3.8) is 0 Å². The molecule has 1 aromatic heterocycles. The molecule has 0 spiro atoms. The molecule has 6 nitrogen and oxygen atoms in total. The van der Waals surface area contributed by atoms with Crippen LogP contribution in [0.5, 0.6) is 11.5 Å². The second kappa shape index (κ2) is 9.06. The standard InChI is InChI=1S/C22H20BrN3O3S/c1-3-12-26-21(19-13-28-17-6-4-5-7-18(17)29-19)24-25-22(26)30-14(2)20(27)15-8-10-16(23)11-9-15/h3-11,14,19H,1,12-13H2,2H3/t14-,19+/m1/s1. The van der Waals surface area contributed by atoms with Crippen LogP contribution in [0.4, 0.5) is 0 Å². The molecular formula is C22H20BrN3O3S. The summed E-state index contributed by atoms with van der Waals surface area (Å²) in [6, 6.07) is 14.9. The summed E-state index contributed by atoms with van der Waals surface area (Å²) in [5.41, 5.74) is 0.661. The molecule has 1 aliphatic rings. The summed E-state index contributed by atoms with van der Waals surface area (Å²) < 4.78 is 14.8. The zero-order valence-corrected chi connectivity index (χ0v) is 18.7. The van der Waals surface area contributed by atoms with Crippen LogP contribution in [0.15, 0.2) is 70.8 Å². The number of ether oxygens (including phenoxy) is 2. The van der Waals surface area contributed by atoms with Crippen LogP contribution >= 0.6 is 27.7 Å². The lowest BCUT2D eigenvalue weighted by Crippen LogP contribution is -2.25. The van der Waals surface area contributed by atoms with Crippen molar-refractivity contribution < 1.29 is 14.3 Å². The van der Waals surface area contributed by atoms with Gasteiger partial charge in [0.15, 0.2) is 34.4 Å². The van der Waals surface area contributed by atoms with Gasteiger partial charge in [-0.3, -0.25) is 9.36 Å². The smallest absolute Gasteiger partial charge is 0.192 e. The number of thioether (sulfide) groups is 1. The van der Waals surface area contributed by atoms with Gasteiger partial charge in [0.2, 0.25) is 0 Å². The summed E-state index contributed by atoms with van der Waals surface area (Å²) in [5.74, 6) is 2.07. The predicted octanol–water partition coefficient (Wildman–Crippen LogP) is 5.10. The molecular weight excluding hydrogens is 466 g/mol. The summed E-state index contributed by atoms with van der Waals surface area (Å²) in [5, 5.41) is 9.00. The average molecular weight is 486 g/mol. The van der Waals surface area contributed by atoms with E-state index in [0.717, 1.165) is 4.47 Å². The third kappa shape index (κ3) is 4.29. The molecule has 0 radical (unpaired) electrons. The number of para-hydroxylation sites is 2. The number of halogens is 1. The lowest BCUT2D eigenvalue weighted by Gasteiger charge is -2.26. The van der Waals surface area contributed by atoms with E-state index in [0.29, 0.717) is 41.2 Å². The highest BCUT2D eigenvalue weighted by Crippen LogP contribution is 2.36. The topological polar surface area (TPSA) is 66.2 Å². The molecule has 2 heterocycles. The van der Waals surface area contributed by atoms with Crippen LogP contribution in [-0.4, -0.2) is 32.4 Å². The van der Waals surface area contributed by atoms with Crippen molar-refractivity contribution >= 4 is 33.5 Å². The Labute approximate surface area is 187 Å². The van der Waals surface area contributed by atoms with Crippen LogP contribution in [0, 0.1) is 0 Å². The molecule has 3 aromatic rings. The third-order valence-corrected chi connectivity index (χ3v) is 6.24. The Morgan fingerprint density at radius 1 is 1.27 bits per heavy atom. The van der Waals surface area contributed by atoms with Crippen molar-refractivity contribution in [1.82, 2.24) is 14.8 Å². The number of aromatic nitrogens is 3. The molecule has 0 aliphatic carbocycles. The van der Waals surface area contributed by atoms with Gasteiger partial charge in [-0.1, -0.05) is 58.0 Å². The monoisotopic (exact) mass is 485 g/mol. The molecule has 0 unspecified atom stereocenters. The minimum atomic E-state index is -0.390. The quantitative estimate of drug-likeness (QED) is 0.263. The predicted molar refractivity (Wildman–Crippen MR) is 119 cm³/mol. The number of allylic oxidation sites excluding steroid dienone is 1. The van der Waals surface area contributed by atoms with E-state index >= 15 is 0 Å². The molecule has 0 bridgehead atoms. The highest BCUT2D eigenvalue weighted by molar-refractivity contribution is 9.10. The minimum Gasteiger partial charge on any atom is -0.485 e. The Morgan fingerprint density at radius 3 is 2.73 bits per heavy atom. The molecule has 0 N–H and O–H groups in total. The van der Waals surface area contributed by atoms with Gasteiger partial charge < -0.3 is 9.47 Å². The fourth-order valence-electron chi connectivity index (χ4n) is 3.13. The highest BCUT2D eigenvalue weighted by atomic mass is 79.9. The van der Waals surface area contributed by atoms with Gasteiger partial charge in [-0.15, -0.1) is 16.8 Å². The number of nitrogens with zero attached hydrogens (tertiary/aromatic N) is 3. The van der Waals surface area contributed by atoms with Crippen LogP contribution in [-0.2, 0) is 6.54 Å². The third-order valence-electron chi connectivity index (χ3n) is 4.63. The van der Waals surface area contributed by atoms with Crippen molar-refractivity contribution in [1.29, 1.82) is 0 Å². The zero-order chi connectivity index (χ0) is 21.1. The van der Waals surface area contributed by atoms with Crippen LogP contribution in [0.1, 0.15) is 29.2 Å². The number of carbonyl (C=O) groups is 1. The molecule has 2 aromatic carbocycles. The number of hydrogen-bond donors (Lipinski definition) is 0. The number of carbonyl (C=O) groups excluding carboxylic acids is 1. The summed E-state index contributed by atoms with van der Waals surface area (Å²) in [6.07, 6.45) is 1.38. The van der Waals surface area contributed by atoms with E-state index in [4.69, 9.17) is 9.47 Å². The fourth-order valence-corrected chi connectivity index (χ4v) is 4.34. The number of rotatable bonds is 7. The van der Waals surface area contributed by atoms with E-state index in [1.165, 1.54) is 11.8 Å².